The molecule has 0 aliphatic heterocycles. The highest BCUT2D eigenvalue weighted by Gasteiger charge is 2.29. The van der Waals surface area contributed by atoms with Crippen LogP contribution in [0, 0.1) is 17.0 Å². The van der Waals surface area contributed by atoms with Crippen molar-refractivity contribution in [3.63, 3.8) is 0 Å². The molecule has 2 N–H and O–H groups in total. The van der Waals surface area contributed by atoms with Crippen molar-refractivity contribution in [2.45, 2.75) is 13.1 Å². The van der Waals surface area contributed by atoms with Crippen molar-refractivity contribution in [1.82, 2.24) is 0 Å². The van der Waals surface area contributed by atoms with Crippen molar-refractivity contribution >= 4 is 23.0 Å². The van der Waals surface area contributed by atoms with E-state index in [-0.39, 0.29) is 12.2 Å². The number of alkyl halides is 3. The van der Waals surface area contributed by atoms with Crippen LogP contribution in [0.2, 0.25) is 0 Å². The summed E-state index contributed by atoms with van der Waals surface area (Å²) in [6.07, 6.45) is -4.42. The van der Waals surface area contributed by atoms with Gasteiger partial charge in [-0.3, -0.25) is 14.9 Å². The third kappa shape index (κ3) is 4.69. The SMILES string of the molecule is Cc1c(NC(=O)CNc2ccc(C(F)(F)F)cc2)cccc1[N+](=O)[O-]. The Morgan fingerprint density at radius 1 is 1.16 bits per heavy atom. The lowest BCUT2D eigenvalue weighted by Crippen LogP contribution is -2.22. The number of nitrogens with one attached hydrogen (secondary N) is 2. The van der Waals surface area contributed by atoms with Gasteiger partial charge in [0.15, 0.2) is 0 Å². The van der Waals surface area contributed by atoms with Crippen molar-refractivity contribution in [3.05, 3.63) is 63.7 Å². The van der Waals surface area contributed by atoms with Crippen LogP contribution in [0.5, 0.6) is 0 Å². The molecule has 0 aliphatic carbocycles. The zero-order chi connectivity index (χ0) is 18.6. The van der Waals surface area contributed by atoms with E-state index in [1.807, 2.05) is 0 Å². The fourth-order valence-corrected chi connectivity index (χ4v) is 2.11. The van der Waals surface area contributed by atoms with Crippen LogP contribution in [0.25, 0.3) is 0 Å². The molecule has 0 fully saturated rings. The smallest absolute Gasteiger partial charge is 0.376 e. The average Bonchev–Trinajstić information content (AvgIpc) is 2.54. The highest BCUT2D eigenvalue weighted by Crippen LogP contribution is 2.29. The van der Waals surface area contributed by atoms with Crippen LogP contribution in [-0.2, 0) is 11.0 Å². The zero-order valence-corrected chi connectivity index (χ0v) is 13.1. The zero-order valence-electron chi connectivity index (χ0n) is 13.1. The summed E-state index contributed by atoms with van der Waals surface area (Å²) < 4.78 is 37.4. The van der Waals surface area contributed by atoms with Gasteiger partial charge in [0.25, 0.3) is 5.69 Å². The Morgan fingerprint density at radius 2 is 1.80 bits per heavy atom. The number of nitro benzene ring substituents is 1. The van der Waals surface area contributed by atoms with Crippen LogP contribution in [0.1, 0.15) is 11.1 Å². The van der Waals surface area contributed by atoms with Crippen molar-refractivity contribution in [3.8, 4) is 0 Å². The van der Waals surface area contributed by atoms with Gasteiger partial charge < -0.3 is 10.6 Å². The summed E-state index contributed by atoms with van der Waals surface area (Å²) in [5.74, 6) is -0.483. The summed E-state index contributed by atoms with van der Waals surface area (Å²) in [6.45, 7) is 1.31. The number of hydrogen-bond donors (Lipinski definition) is 2. The molecule has 0 saturated carbocycles. The molecule has 132 valence electrons. The molecule has 0 bridgehead atoms. The van der Waals surface area contributed by atoms with Crippen molar-refractivity contribution in [1.29, 1.82) is 0 Å². The molecule has 2 rings (SSSR count). The Hall–Kier alpha value is -3.10. The highest BCUT2D eigenvalue weighted by molar-refractivity contribution is 5.94. The minimum Gasteiger partial charge on any atom is -0.376 e. The largest absolute Gasteiger partial charge is 0.416 e. The number of halogens is 3. The van der Waals surface area contributed by atoms with E-state index in [1.165, 1.54) is 37.3 Å². The fourth-order valence-electron chi connectivity index (χ4n) is 2.11. The maximum atomic E-state index is 12.5. The second kappa shape index (κ2) is 7.20. The molecule has 6 nitrogen and oxygen atoms in total. The average molecular weight is 353 g/mol. The second-order valence-electron chi connectivity index (χ2n) is 5.18. The first-order chi connectivity index (χ1) is 11.7. The lowest BCUT2D eigenvalue weighted by atomic mass is 10.1. The Morgan fingerprint density at radius 3 is 2.36 bits per heavy atom. The number of hydrogen-bond acceptors (Lipinski definition) is 4. The Balaban J connectivity index is 1.97. The van der Waals surface area contributed by atoms with Gasteiger partial charge in [0.05, 0.1) is 28.3 Å². The Labute approximate surface area is 140 Å². The van der Waals surface area contributed by atoms with Crippen molar-refractivity contribution in [2.75, 3.05) is 17.2 Å². The lowest BCUT2D eigenvalue weighted by Gasteiger charge is -2.11. The molecular formula is C16H14F3N3O3. The maximum Gasteiger partial charge on any atom is 0.416 e. The van der Waals surface area contributed by atoms with Crippen LogP contribution in [-0.4, -0.2) is 17.4 Å². The van der Waals surface area contributed by atoms with Crippen LogP contribution >= 0.6 is 0 Å². The van der Waals surface area contributed by atoms with Crippen LogP contribution < -0.4 is 10.6 Å². The van der Waals surface area contributed by atoms with Crippen LogP contribution in [0.4, 0.5) is 30.2 Å². The van der Waals surface area contributed by atoms with Gasteiger partial charge in [-0.25, -0.2) is 0 Å². The summed E-state index contributed by atoms with van der Waals surface area (Å²) in [7, 11) is 0. The number of nitrogens with zero attached hydrogens (tertiary/aromatic N) is 1. The molecule has 0 saturated heterocycles. The molecule has 0 unspecified atom stereocenters. The molecule has 1 amide bonds. The van der Waals surface area contributed by atoms with Crippen LogP contribution in [0.15, 0.2) is 42.5 Å². The second-order valence-corrected chi connectivity index (χ2v) is 5.18. The number of amides is 1. The van der Waals surface area contributed by atoms with E-state index in [1.54, 1.807) is 0 Å². The summed E-state index contributed by atoms with van der Waals surface area (Å²) in [6, 6.07) is 8.55. The fraction of sp³-hybridized carbons (Fsp3) is 0.188. The van der Waals surface area contributed by atoms with Gasteiger partial charge in [-0.2, -0.15) is 13.2 Å². The predicted octanol–water partition coefficient (Wildman–Crippen LogP) is 3.97. The first-order valence-electron chi connectivity index (χ1n) is 7.13. The number of carbonyl (C=O) groups excluding carboxylic acids is 1. The maximum absolute atomic E-state index is 12.5. The number of anilines is 2. The molecule has 25 heavy (non-hydrogen) atoms. The van der Waals surface area contributed by atoms with Crippen molar-refractivity contribution < 1.29 is 22.9 Å². The van der Waals surface area contributed by atoms with E-state index < -0.39 is 22.6 Å². The monoisotopic (exact) mass is 353 g/mol. The molecule has 0 spiro atoms. The summed E-state index contributed by atoms with van der Waals surface area (Å²) >= 11 is 0. The van der Waals surface area contributed by atoms with E-state index >= 15 is 0 Å². The van der Waals surface area contributed by atoms with Gasteiger partial charge in [-0.1, -0.05) is 6.07 Å². The molecule has 0 aromatic heterocycles. The van der Waals surface area contributed by atoms with E-state index in [9.17, 15) is 28.1 Å². The lowest BCUT2D eigenvalue weighted by molar-refractivity contribution is -0.385. The van der Waals surface area contributed by atoms with E-state index in [2.05, 4.69) is 10.6 Å². The number of nitro groups is 1. The van der Waals surface area contributed by atoms with Gasteiger partial charge in [0.1, 0.15) is 0 Å². The molecule has 9 heteroatoms. The Kier molecular flexibility index (Phi) is 5.26. The van der Waals surface area contributed by atoms with E-state index in [4.69, 9.17) is 0 Å². The number of carbonyl (C=O) groups is 1. The normalized spacial score (nSPS) is 11.0. The van der Waals surface area contributed by atoms with Gasteiger partial charge in [0, 0.05) is 11.8 Å². The third-order valence-electron chi connectivity index (χ3n) is 3.44. The summed E-state index contributed by atoms with van der Waals surface area (Å²) in [5.41, 5.74) is 0.0610. The summed E-state index contributed by atoms with van der Waals surface area (Å²) in [5, 5.41) is 16.1. The minimum atomic E-state index is -4.42. The molecule has 2 aromatic rings. The summed E-state index contributed by atoms with van der Waals surface area (Å²) in [4.78, 5) is 22.2. The van der Waals surface area contributed by atoms with Gasteiger partial charge in [-0.15, -0.1) is 0 Å². The van der Waals surface area contributed by atoms with Gasteiger partial charge in [-0.05, 0) is 37.3 Å². The van der Waals surface area contributed by atoms with E-state index in [0.29, 0.717) is 16.9 Å². The predicted molar refractivity (Wildman–Crippen MR) is 86.4 cm³/mol. The molecule has 0 radical (unpaired) electrons. The quantitative estimate of drug-likeness (QED) is 0.629. The van der Waals surface area contributed by atoms with Gasteiger partial charge >= 0.3 is 6.18 Å². The van der Waals surface area contributed by atoms with Crippen LogP contribution in [0.3, 0.4) is 0 Å². The minimum absolute atomic E-state index is 0.117. The standard InChI is InChI=1S/C16H14F3N3O3/c1-10-13(3-2-4-14(10)22(24)25)21-15(23)9-20-12-7-5-11(6-8-12)16(17,18)19/h2-8,20H,9H2,1H3,(H,21,23). The Bertz CT molecular complexity index is 789. The molecule has 0 atom stereocenters. The van der Waals surface area contributed by atoms with Crippen molar-refractivity contribution in [2.24, 2.45) is 0 Å². The first kappa shape index (κ1) is 18.2. The first-order valence-corrected chi connectivity index (χ1v) is 7.13. The number of benzene rings is 2. The topological polar surface area (TPSA) is 84.3 Å². The molecule has 2 aromatic carbocycles. The number of rotatable bonds is 5. The highest BCUT2D eigenvalue weighted by atomic mass is 19.4. The van der Waals surface area contributed by atoms with Gasteiger partial charge in [0.2, 0.25) is 5.91 Å². The molecule has 0 aliphatic rings. The third-order valence-corrected chi connectivity index (χ3v) is 3.44. The molecule has 0 heterocycles. The van der Waals surface area contributed by atoms with E-state index in [0.717, 1.165) is 12.1 Å². The molecular weight excluding hydrogens is 339 g/mol.